The Morgan fingerprint density at radius 2 is 2.07 bits per heavy atom. The number of amides is 1. The van der Waals surface area contributed by atoms with Gasteiger partial charge in [0.25, 0.3) is 0 Å². The predicted molar refractivity (Wildman–Crippen MR) is 106 cm³/mol. The molecule has 1 amide bonds. The molecule has 2 aromatic rings. The van der Waals surface area contributed by atoms with Gasteiger partial charge in [-0.2, -0.15) is 0 Å². The van der Waals surface area contributed by atoms with Crippen molar-refractivity contribution in [3.8, 4) is 0 Å². The summed E-state index contributed by atoms with van der Waals surface area (Å²) < 4.78 is 26.5. The number of anilines is 1. The normalized spacial score (nSPS) is 18.0. The van der Waals surface area contributed by atoms with E-state index in [4.69, 9.17) is 5.14 Å². The van der Waals surface area contributed by atoms with E-state index in [1.165, 1.54) is 11.8 Å². The van der Waals surface area contributed by atoms with Crippen LogP contribution in [-0.2, 0) is 4.79 Å². The van der Waals surface area contributed by atoms with Crippen molar-refractivity contribution < 1.29 is 13.6 Å². The van der Waals surface area contributed by atoms with Crippen LogP contribution < -0.4 is 10.5 Å². The number of carbonyl (C=O) groups excluding carboxylic acids is 1. The minimum atomic E-state index is -2.73. The van der Waals surface area contributed by atoms with Crippen LogP contribution in [-0.4, -0.2) is 16.8 Å². The van der Waals surface area contributed by atoms with Crippen molar-refractivity contribution in [1.29, 1.82) is 0 Å². The number of benzene rings is 1. The number of aromatic nitrogens is 1. The van der Waals surface area contributed by atoms with Crippen LogP contribution in [0.4, 0.5) is 14.5 Å². The summed E-state index contributed by atoms with van der Waals surface area (Å²) in [6, 6.07) is 13.3. The molecular weight excluding hydrogens is 368 g/mol. The molecule has 1 aromatic heterocycles. The molecule has 1 fully saturated rings. The van der Waals surface area contributed by atoms with Gasteiger partial charge < -0.3 is 5.32 Å². The molecule has 3 rings (SSSR count). The second-order valence-electron chi connectivity index (χ2n) is 6.25. The van der Waals surface area contributed by atoms with Crippen LogP contribution in [0.15, 0.2) is 60.3 Å². The molecule has 144 valence electrons. The molecule has 4 nitrogen and oxygen atoms in total. The summed E-state index contributed by atoms with van der Waals surface area (Å²) in [7, 11) is 0. The number of nitrogens with one attached hydrogen (secondary N) is 1. The molecule has 0 radical (unpaired) electrons. The lowest BCUT2D eigenvalue weighted by atomic mass is 9.86. The van der Waals surface area contributed by atoms with Crippen molar-refractivity contribution >= 4 is 29.6 Å². The Hall–Kier alpha value is -2.25. The van der Waals surface area contributed by atoms with E-state index in [2.05, 4.69) is 16.9 Å². The SMILES string of the molecule is C=Cc1ccccc1.NSc1cc(NC(=O)[C@H]2CCCC(F)(F)C2)ccn1. The van der Waals surface area contributed by atoms with Gasteiger partial charge in [-0.25, -0.2) is 13.8 Å². The number of nitrogens with zero attached hydrogens (tertiary/aromatic N) is 1. The van der Waals surface area contributed by atoms with Gasteiger partial charge in [-0.05, 0) is 42.5 Å². The van der Waals surface area contributed by atoms with Crippen LogP contribution >= 0.6 is 11.9 Å². The zero-order valence-electron chi connectivity index (χ0n) is 14.9. The van der Waals surface area contributed by atoms with E-state index in [9.17, 15) is 13.6 Å². The zero-order valence-corrected chi connectivity index (χ0v) is 15.7. The van der Waals surface area contributed by atoms with Crippen LogP contribution in [0.5, 0.6) is 0 Å². The number of pyridine rings is 1. The van der Waals surface area contributed by atoms with E-state index in [1.54, 1.807) is 12.1 Å². The molecule has 1 aromatic carbocycles. The maximum atomic E-state index is 13.3. The summed E-state index contributed by atoms with van der Waals surface area (Å²) in [4.78, 5) is 15.9. The number of alkyl halides is 2. The number of carbonyl (C=O) groups is 1. The highest BCUT2D eigenvalue weighted by atomic mass is 32.2. The third-order valence-corrected chi connectivity index (χ3v) is 4.63. The summed E-state index contributed by atoms with van der Waals surface area (Å²) in [5, 5.41) is 8.57. The second-order valence-corrected chi connectivity index (χ2v) is 6.91. The highest BCUT2D eigenvalue weighted by molar-refractivity contribution is 7.97. The first-order valence-corrected chi connectivity index (χ1v) is 9.50. The second kappa shape index (κ2) is 10.2. The van der Waals surface area contributed by atoms with E-state index < -0.39 is 11.8 Å². The largest absolute Gasteiger partial charge is 0.326 e. The van der Waals surface area contributed by atoms with Gasteiger partial charge in [-0.15, -0.1) is 0 Å². The monoisotopic (exact) mass is 391 g/mol. The van der Waals surface area contributed by atoms with Crippen molar-refractivity contribution in [2.24, 2.45) is 11.1 Å². The van der Waals surface area contributed by atoms with Gasteiger partial charge in [0.15, 0.2) is 0 Å². The van der Waals surface area contributed by atoms with E-state index >= 15 is 0 Å². The molecule has 7 heteroatoms. The maximum absolute atomic E-state index is 13.3. The van der Waals surface area contributed by atoms with Gasteiger partial charge in [0, 0.05) is 30.6 Å². The summed E-state index contributed by atoms with van der Waals surface area (Å²) in [5.74, 6) is -3.72. The summed E-state index contributed by atoms with van der Waals surface area (Å²) in [6.07, 6.45) is 3.74. The fourth-order valence-corrected chi connectivity index (χ4v) is 3.10. The van der Waals surface area contributed by atoms with Crippen LogP contribution in [0.1, 0.15) is 31.2 Å². The van der Waals surface area contributed by atoms with Crippen molar-refractivity contribution in [3.05, 3.63) is 60.8 Å². The van der Waals surface area contributed by atoms with Crippen LogP contribution in [0, 0.1) is 5.92 Å². The van der Waals surface area contributed by atoms with Crippen molar-refractivity contribution in [2.75, 3.05) is 5.32 Å². The van der Waals surface area contributed by atoms with Gasteiger partial charge in [0.1, 0.15) is 5.03 Å². The van der Waals surface area contributed by atoms with Crippen LogP contribution in [0.2, 0.25) is 0 Å². The molecule has 1 atom stereocenters. The summed E-state index contributed by atoms with van der Waals surface area (Å²) in [5.41, 5.74) is 1.70. The minimum absolute atomic E-state index is 0.125. The molecule has 0 bridgehead atoms. The molecule has 1 heterocycles. The number of rotatable bonds is 4. The summed E-state index contributed by atoms with van der Waals surface area (Å²) >= 11 is 0.963. The van der Waals surface area contributed by atoms with Crippen molar-refractivity contribution in [2.45, 2.75) is 36.6 Å². The highest BCUT2D eigenvalue weighted by Crippen LogP contribution is 2.37. The van der Waals surface area contributed by atoms with Crippen molar-refractivity contribution in [1.82, 2.24) is 4.98 Å². The van der Waals surface area contributed by atoms with Gasteiger partial charge in [-0.3, -0.25) is 9.93 Å². The molecule has 0 spiro atoms. The third-order valence-electron chi connectivity index (χ3n) is 4.17. The first-order valence-electron chi connectivity index (χ1n) is 8.62. The standard InChI is InChI=1S/C12H15F2N3OS.C8H8/c13-12(14)4-1-2-8(7-12)11(18)17-9-3-5-16-10(6-9)19-15;1-2-8-6-4-3-5-7-8/h3,5-6,8H,1-2,4,7,15H2,(H,16,17,18);2-7H,1H2/t8-;/m0./s1. The van der Waals surface area contributed by atoms with Gasteiger partial charge in [0.05, 0.1) is 0 Å². The van der Waals surface area contributed by atoms with E-state index in [0.717, 1.165) is 11.9 Å². The smallest absolute Gasteiger partial charge is 0.248 e. The molecular formula is C20H23F2N3OS. The van der Waals surface area contributed by atoms with Crippen LogP contribution in [0.25, 0.3) is 6.08 Å². The molecule has 27 heavy (non-hydrogen) atoms. The van der Waals surface area contributed by atoms with Gasteiger partial charge >= 0.3 is 0 Å². The molecule has 0 unspecified atom stereocenters. The van der Waals surface area contributed by atoms with E-state index in [1.807, 2.05) is 36.4 Å². The first-order chi connectivity index (χ1) is 12.9. The first kappa shape index (κ1) is 21.1. The fraction of sp³-hybridized carbons (Fsp3) is 0.300. The molecule has 1 saturated carbocycles. The minimum Gasteiger partial charge on any atom is -0.326 e. The molecule has 3 N–H and O–H groups in total. The Morgan fingerprint density at radius 1 is 1.33 bits per heavy atom. The van der Waals surface area contributed by atoms with E-state index in [-0.39, 0.29) is 18.7 Å². The Morgan fingerprint density at radius 3 is 2.67 bits per heavy atom. The number of halogens is 2. The molecule has 1 aliphatic carbocycles. The number of hydrogen-bond donors (Lipinski definition) is 2. The van der Waals surface area contributed by atoms with Crippen molar-refractivity contribution in [3.63, 3.8) is 0 Å². The third kappa shape index (κ3) is 7.11. The Balaban J connectivity index is 0.000000273. The number of hydrogen-bond acceptors (Lipinski definition) is 4. The Labute approximate surface area is 162 Å². The lowest BCUT2D eigenvalue weighted by Gasteiger charge is -2.27. The summed E-state index contributed by atoms with van der Waals surface area (Å²) in [6.45, 7) is 3.63. The van der Waals surface area contributed by atoms with Gasteiger partial charge in [0.2, 0.25) is 11.8 Å². The van der Waals surface area contributed by atoms with Gasteiger partial charge in [-0.1, -0.05) is 43.0 Å². The lowest BCUT2D eigenvalue weighted by Crippen LogP contribution is -2.33. The lowest BCUT2D eigenvalue weighted by molar-refractivity contribution is -0.127. The number of nitrogens with two attached hydrogens (primary N) is 1. The predicted octanol–water partition coefficient (Wildman–Crippen LogP) is 5.14. The average molecular weight is 391 g/mol. The Kier molecular flexibility index (Phi) is 7.94. The molecule has 1 aliphatic rings. The Bertz CT molecular complexity index is 756. The van der Waals surface area contributed by atoms with E-state index in [0.29, 0.717) is 23.6 Å². The topological polar surface area (TPSA) is 68.0 Å². The highest BCUT2D eigenvalue weighted by Gasteiger charge is 2.39. The quantitative estimate of drug-likeness (QED) is 0.708. The average Bonchev–Trinajstić information content (AvgIpc) is 2.68. The van der Waals surface area contributed by atoms with Crippen LogP contribution in [0.3, 0.4) is 0 Å². The molecule has 0 saturated heterocycles. The zero-order chi connectivity index (χ0) is 19.7. The maximum Gasteiger partial charge on any atom is 0.248 e. The molecule has 0 aliphatic heterocycles. The fourth-order valence-electron chi connectivity index (χ4n) is 2.78.